The summed E-state index contributed by atoms with van der Waals surface area (Å²) < 4.78 is 29.8. The molecule has 2 rings (SSSR count). The maximum absolute atomic E-state index is 12.3. The van der Waals surface area contributed by atoms with Gasteiger partial charge in [0.25, 0.3) is 0 Å². The predicted octanol–water partition coefficient (Wildman–Crippen LogP) is 6.59. The first-order valence-corrected chi connectivity index (χ1v) is 8.24. The lowest BCUT2D eigenvalue weighted by Gasteiger charge is -2.17. The molecule has 21 heavy (non-hydrogen) atoms. The largest absolute Gasteiger partial charge is 0.432 e. The molecule has 8 heteroatoms. The van der Waals surface area contributed by atoms with Gasteiger partial charge in [0.2, 0.25) is 0 Å². The van der Waals surface area contributed by atoms with Crippen molar-refractivity contribution in [2.45, 2.75) is 19.6 Å². The van der Waals surface area contributed by atoms with Crippen molar-refractivity contribution in [2.24, 2.45) is 0 Å². The zero-order valence-electron chi connectivity index (χ0n) is 10.7. The molecule has 0 fully saturated rings. The zero-order valence-corrected chi connectivity index (χ0v) is 14.6. The van der Waals surface area contributed by atoms with Crippen LogP contribution in [-0.4, -0.2) is 6.61 Å². The van der Waals surface area contributed by atoms with Gasteiger partial charge in [0.1, 0.15) is 0 Å². The van der Waals surface area contributed by atoms with E-state index in [1.54, 1.807) is 11.3 Å². The van der Waals surface area contributed by atoms with Crippen LogP contribution < -0.4 is 10.1 Å². The van der Waals surface area contributed by atoms with Gasteiger partial charge in [0.05, 0.1) is 16.1 Å². The molecule has 0 aliphatic heterocycles. The van der Waals surface area contributed by atoms with Crippen LogP contribution in [0.25, 0.3) is 0 Å². The Hall–Kier alpha value is -0.560. The van der Waals surface area contributed by atoms with E-state index in [0.29, 0.717) is 5.69 Å². The van der Waals surface area contributed by atoms with Crippen molar-refractivity contribution >= 4 is 56.2 Å². The lowest BCUT2D eigenvalue weighted by Crippen LogP contribution is -2.07. The van der Waals surface area contributed by atoms with E-state index >= 15 is 0 Å². The van der Waals surface area contributed by atoms with Gasteiger partial charge in [0, 0.05) is 15.0 Å². The fourth-order valence-corrected chi connectivity index (χ4v) is 4.08. The number of ether oxygens (including phenoxy) is 1. The number of hydrogen-bond donors (Lipinski definition) is 1. The van der Waals surface area contributed by atoms with E-state index in [-0.39, 0.29) is 21.8 Å². The molecule has 0 bridgehead atoms. The maximum atomic E-state index is 12.3. The molecular weight excluding hydrogens is 407 g/mol. The summed E-state index contributed by atoms with van der Waals surface area (Å²) in [6, 6.07) is 4.97. The molecule has 2 aromatic rings. The minimum atomic E-state index is -2.97. The molecule has 1 N–H and O–H groups in total. The highest BCUT2D eigenvalue weighted by atomic mass is 79.9. The van der Waals surface area contributed by atoms with E-state index in [4.69, 9.17) is 23.2 Å². The highest BCUT2D eigenvalue weighted by Crippen LogP contribution is 2.38. The van der Waals surface area contributed by atoms with Gasteiger partial charge in [-0.1, -0.05) is 23.2 Å². The summed E-state index contributed by atoms with van der Waals surface area (Å²) in [6.07, 6.45) is 0. The van der Waals surface area contributed by atoms with Crippen molar-refractivity contribution in [3.05, 3.63) is 43.0 Å². The van der Waals surface area contributed by atoms with Crippen molar-refractivity contribution in [1.82, 2.24) is 0 Å². The van der Waals surface area contributed by atoms with Gasteiger partial charge in [-0.2, -0.15) is 8.78 Å². The van der Waals surface area contributed by atoms with E-state index in [1.165, 1.54) is 12.1 Å². The normalized spacial score (nSPS) is 12.5. The SMILES string of the molecule is CC(Nc1cc(Cl)c(OC(F)F)c(Cl)c1)c1sccc1Br. The van der Waals surface area contributed by atoms with Crippen LogP contribution >= 0.6 is 50.5 Å². The Kier molecular flexibility index (Phi) is 5.71. The second-order valence-electron chi connectivity index (χ2n) is 4.15. The molecule has 0 saturated carbocycles. The van der Waals surface area contributed by atoms with Gasteiger partial charge in [-0.15, -0.1) is 11.3 Å². The second-order valence-corrected chi connectivity index (χ2v) is 6.76. The van der Waals surface area contributed by atoms with E-state index in [2.05, 4.69) is 26.0 Å². The third kappa shape index (κ3) is 4.22. The van der Waals surface area contributed by atoms with Crippen LogP contribution in [0.15, 0.2) is 28.1 Å². The first kappa shape index (κ1) is 16.8. The summed E-state index contributed by atoms with van der Waals surface area (Å²) in [4.78, 5) is 1.11. The summed E-state index contributed by atoms with van der Waals surface area (Å²) in [5, 5.41) is 5.25. The number of benzene rings is 1. The predicted molar refractivity (Wildman–Crippen MR) is 87.2 cm³/mol. The number of rotatable bonds is 5. The molecule has 0 aliphatic carbocycles. The average Bonchev–Trinajstić information content (AvgIpc) is 2.80. The molecule has 1 aromatic heterocycles. The van der Waals surface area contributed by atoms with E-state index in [9.17, 15) is 8.78 Å². The lowest BCUT2D eigenvalue weighted by molar-refractivity contribution is -0.0497. The number of nitrogens with one attached hydrogen (secondary N) is 1. The minimum Gasteiger partial charge on any atom is -0.432 e. The van der Waals surface area contributed by atoms with Gasteiger partial charge < -0.3 is 10.1 Å². The quantitative estimate of drug-likeness (QED) is 0.593. The smallest absolute Gasteiger partial charge is 0.387 e. The van der Waals surface area contributed by atoms with Crippen LogP contribution in [0.2, 0.25) is 10.0 Å². The molecule has 0 amide bonds. The van der Waals surface area contributed by atoms with E-state index in [1.807, 2.05) is 18.4 Å². The van der Waals surface area contributed by atoms with Gasteiger partial charge >= 0.3 is 6.61 Å². The summed E-state index contributed by atoms with van der Waals surface area (Å²) in [5.74, 6) is -0.219. The fourth-order valence-electron chi connectivity index (χ4n) is 1.77. The Morgan fingerprint density at radius 2 is 1.90 bits per heavy atom. The maximum Gasteiger partial charge on any atom is 0.387 e. The number of alkyl halides is 2. The van der Waals surface area contributed by atoms with Crippen molar-refractivity contribution < 1.29 is 13.5 Å². The molecule has 1 aromatic carbocycles. The van der Waals surface area contributed by atoms with Gasteiger partial charge in [-0.3, -0.25) is 0 Å². The third-order valence-electron chi connectivity index (χ3n) is 2.63. The van der Waals surface area contributed by atoms with Gasteiger partial charge in [-0.25, -0.2) is 0 Å². The van der Waals surface area contributed by atoms with Crippen molar-refractivity contribution in [2.75, 3.05) is 5.32 Å². The van der Waals surface area contributed by atoms with Gasteiger partial charge in [-0.05, 0) is 46.4 Å². The average molecular weight is 417 g/mol. The first-order chi connectivity index (χ1) is 9.88. The molecule has 1 unspecified atom stereocenters. The van der Waals surface area contributed by atoms with Gasteiger partial charge in [0.15, 0.2) is 5.75 Å². The molecule has 114 valence electrons. The number of anilines is 1. The van der Waals surface area contributed by atoms with Crippen LogP contribution in [0.1, 0.15) is 17.8 Å². The standard InChI is InChI=1S/C13H10BrCl2F2NOS/c1-6(12-8(14)2-3-21-12)19-7-4-9(15)11(10(16)5-7)20-13(17)18/h2-6,13,19H,1H3. The van der Waals surface area contributed by atoms with Crippen molar-refractivity contribution in [1.29, 1.82) is 0 Å². The zero-order chi connectivity index (χ0) is 15.6. The van der Waals surface area contributed by atoms with Crippen LogP contribution in [0.5, 0.6) is 5.75 Å². The topological polar surface area (TPSA) is 21.3 Å². The number of hydrogen-bond acceptors (Lipinski definition) is 3. The second kappa shape index (κ2) is 7.13. The molecule has 0 aliphatic rings. The Labute approximate surface area is 143 Å². The van der Waals surface area contributed by atoms with Crippen LogP contribution in [0.3, 0.4) is 0 Å². The Bertz CT molecular complexity index is 615. The molecule has 0 saturated heterocycles. The van der Waals surface area contributed by atoms with Crippen LogP contribution in [-0.2, 0) is 0 Å². The van der Waals surface area contributed by atoms with E-state index < -0.39 is 6.61 Å². The summed E-state index contributed by atoms with van der Waals surface area (Å²) >= 11 is 16.9. The highest BCUT2D eigenvalue weighted by Gasteiger charge is 2.16. The molecule has 2 nitrogen and oxygen atoms in total. The molecule has 1 atom stereocenters. The monoisotopic (exact) mass is 415 g/mol. The van der Waals surface area contributed by atoms with E-state index in [0.717, 1.165) is 9.35 Å². The minimum absolute atomic E-state index is 0.00776. The fraction of sp³-hybridized carbons (Fsp3) is 0.231. The van der Waals surface area contributed by atoms with Crippen molar-refractivity contribution in [3.63, 3.8) is 0 Å². The first-order valence-electron chi connectivity index (χ1n) is 5.81. The molecule has 0 spiro atoms. The molecule has 1 heterocycles. The Morgan fingerprint density at radius 3 is 2.38 bits per heavy atom. The molecular formula is C13H10BrCl2F2NOS. The summed E-state index contributed by atoms with van der Waals surface area (Å²) in [7, 11) is 0. The third-order valence-corrected chi connectivity index (χ3v) is 5.24. The Balaban J connectivity index is 2.20. The number of thiophene rings is 1. The molecule has 0 radical (unpaired) electrons. The Morgan fingerprint density at radius 1 is 1.29 bits per heavy atom. The lowest BCUT2D eigenvalue weighted by atomic mass is 10.2. The summed E-state index contributed by atoms with van der Waals surface area (Å²) in [6.45, 7) is -0.998. The summed E-state index contributed by atoms with van der Waals surface area (Å²) in [5.41, 5.74) is 0.624. The van der Waals surface area contributed by atoms with Crippen LogP contribution in [0, 0.1) is 0 Å². The van der Waals surface area contributed by atoms with Crippen molar-refractivity contribution in [3.8, 4) is 5.75 Å². The highest BCUT2D eigenvalue weighted by molar-refractivity contribution is 9.10. The van der Waals surface area contributed by atoms with Crippen LogP contribution in [0.4, 0.5) is 14.5 Å². The number of halogens is 5.